The summed E-state index contributed by atoms with van der Waals surface area (Å²) in [6, 6.07) is 18.9. The summed E-state index contributed by atoms with van der Waals surface area (Å²) in [5.41, 5.74) is 2.26. The van der Waals surface area contributed by atoms with Crippen molar-refractivity contribution in [3.8, 4) is 17.2 Å². The summed E-state index contributed by atoms with van der Waals surface area (Å²) in [5.74, 6) is 0.393. The lowest BCUT2D eigenvalue weighted by Crippen LogP contribution is -2.05. The minimum absolute atomic E-state index is 0.00185. The average Bonchev–Trinajstić information content (AvgIpc) is 2.87. The lowest BCUT2D eigenvalue weighted by Gasteiger charge is -2.08. The third-order valence-electron chi connectivity index (χ3n) is 4.64. The number of alkyl halides is 6. The van der Waals surface area contributed by atoms with Gasteiger partial charge >= 0.3 is 19.8 Å². The normalized spacial score (nSPS) is 10.5. The number of para-hydroxylation sites is 1. The minimum Gasteiger partial charge on any atom is -0.435 e. The van der Waals surface area contributed by atoms with E-state index < -0.39 is 19.8 Å². The van der Waals surface area contributed by atoms with E-state index in [-0.39, 0.29) is 37.1 Å². The molecule has 3 aromatic carbocycles. The molecular formula is C27H30F6O6. The molecule has 0 aliphatic carbocycles. The number of hydrogen-bond donors (Lipinski definition) is 3. The molecule has 0 spiro atoms. The van der Waals surface area contributed by atoms with Crippen molar-refractivity contribution < 1.29 is 55.9 Å². The van der Waals surface area contributed by atoms with Gasteiger partial charge in [0, 0.05) is 19.8 Å². The van der Waals surface area contributed by atoms with Crippen LogP contribution in [0.4, 0.5) is 26.3 Å². The first-order valence-corrected chi connectivity index (χ1v) is 11.6. The van der Waals surface area contributed by atoms with Crippen molar-refractivity contribution in [1.29, 1.82) is 0 Å². The molecule has 12 heteroatoms. The fraction of sp³-hybridized carbons (Fsp3) is 0.333. The molecule has 6 nitrogen and oxygen atoms in total. The maximum absolute atomic E-state index is 11.9. The molecule has 0 atom stereocenters. The van der Waals surface area contributed by atoms with Crippen molar-refractivity contribution in [1.82, 2.24) is 0 Å². The zero-order valence-corrected chi connectivity index (χ0v) is 20.7. The molecule has 3 aromatic rings. The predicted molar refractivity (Wildman–Crippen MR) is 132 cm³/mol. The molecule has 216 valence electrons. The van der Waals surface area contributed by atoms with Crippen molar-refractivity contribution in [3.63, 3.8) is 0 Å². The van der Waals surface area contributed by atoms with Gasteiger partial charge in [-0.2, -0.15) is 26.3 Å². The largest absolute Gasteiger partial charge is 0.435 e. The first-order valence-electron chi connectivity index (χ1n) is 11.6. The minimum atomic E-state index is -2.82. The number of halogens is 6. The van der Waals surface area contributed by atoms with Gasteiger partial charge in [0.1, 0.15) is 17.2 Å². The van der Waals surface area contributed by atoms with Crippen LogP contribution in [-0.2, 0) is 19.3 Å². The number of aliphatic hydroxyl groups is 3. The smallest absolute Gasteiger partial charge is 0.387 e. The second-order valence-corrected chi connectivity index (χ2v) is 7.46. The fourth-order valence-corrected chi connectivity index (χ4v) is 3.01. The number of hydrogen-bond acceptors (Lipinski definition) is 6. The summed E-state index contributed by atoms with van der Waals surface area (Å²) in [6.45, 7) is -8.44. The molecule has 3 rings (SSSR count). The second-order valence-electron chi connectivity index (χ2n) is 7.46. The van der Waals surface area contributed by atoms with Gasteiger partial charge < -0.3 is 29.5 Å². The molecule has 0 aromatic heterocycles. The Kier molecular flexibility index (Phi) is 16.8. The molecule has 0 fully saturated rings. The van der Waals surface area contributed by atoms with Gasteiger partial charge in [0.05, 0.1) is 0 Å². The number of ether oxygens (including phenoxy) is 3. The van der Waals surface area contributed by atoms with Crippen LogP contribution in [0.3, 0.4) is 0 Å². The van der Waals surface area contributed by atoms with E-state index in [1.165, 1.54) is 30.3 Å². The van der Waals surface area contributed by atoms with E-state index in [9.17, 15) is 26.3 Å². The molecule has 0 unspecified atom stereocenters. The number of benzene rings is 3. The summed E-state index contributed by atoms with van der Waals surface area (Å²) in [7, 11) is 0. The topological polar surface area (TPSA) is 88.4 Å². The Morgan fingerprint density at radius 3 is 1.62 bits per heavy atom. The van der Waals surface area contributed by atoms with Crippen LogP contribution in [0.25, 0.3) is 0 Å². The Labute approximate surface area is 222 Å². The molecule has 0 amide bonds. The first kappa shape index (κ1) is 33.5. The summed E-state index contributed by atoms with van der Waals surface area (Å²) in [6.07, 6.45) is 1.29. The summed E-state index contributed by atoms with van der Waals surface area (Å²) in [4.78, 5) is 0. The molecule has 0 aliphatic rings. The fourth-order valence-electron chi connectivity index (χ4n) is 3.01. The van der Waals surface area contributed by atoms with Crippen LogP contribution in [0, 0.1) is 0 Å². The van der Waals surface area contributed by atoms with Crippen LogP contribution in [0.2, 0.25) is 0 Å². The third-order valence-corrected chi connectivity index (χ3v) is 4.64. The Balaban J connectivity index is 0.000000292. The maximum Gasteiger partial charge on any atom is 0.387 e. The molecule has 3 N–H and O–H groups in total. The van der Waals surface area contributed by atoms with E-state index in [2.05, 4.69) is 14.2 Å². The van der Waals surface area contributed by atoms with Crippen molar-refractivity contribution in [3.05, 3.63) is 89.5 Å². The summed E-state index contributed by atoms with van der Waals surface area (Å²) in [5, 5.41) is 25.8. The molecule has 39 heavy (non-hydrogen) atoms. The van der Waals surface area contributed by atoms with Crippen LogP contribution in [0.15, 0.2) is 72.8 Å². The molecule has 0 saturated carbocycles. The lowest BCUT2D eigenvalue weighted by molar-refractivity contribution is -0.0510. The van der Waals surface area contributed by atoms with Crippen molar-refractivity contribution in [2.75, 3.05) is 19.8 Å². The van der Waals surface area contributed by atoms with Crippen molar-refractivity contribution >= 4 is 0 Å². The van der Waals surface area contributed by atoms with E-state index in [0.717, 1.165) is 11.1 Å². The molecule has 0 saturated heterocycles. The Morgan fingerprint density at radius 1 is 0.513 bits per heavy atom. The summed E-state index contributed by atoms with van der Waals surface area (Å²) >= 11 is 0. The maximum atomic E-state index is 11.9. The van der Waals surface area contributed by atoms with Gasteiger partial charge in [0.15, 0.2) is 0 Å². The van der Waals surface area contributed by atoms with E-state index in [4.69, 9.17) is 15.3 Å². The Morgan fingerprint density at radius 2 is 1.05 bits per heavy atom. The molecule has 0 radical (unpaired) electrons. The van der Waals surface area contributed by atoms with Gasteiger partial charge in [0.25, 0.3) is 0 Å². The molecule has 0 heterocycles. The van der Waals surface area contributed by atoms with Crippen LogP contribution in [0.1, 0.15) is 16.7 Å². The van der Waals surface area contributed by atoms with Crippen LogP contribution in [-0.4, -0.2) is 55.0 Å². The van der Waals surface area contributed by atoms with Gasteiger partial charge in [-0.1, -0.05) is 42.5 Å². The molecule has 0 aliphatic heterocycles. The van der Waals surface area contributed by atoms with Gasteiger partial charge in [-0.05, 0) is 66.3 Å². The zero-order valence-electron chi connectivity index (χ0n) is 20.7. The highest BCUT2D eigenvalue weighted by atomic mass is 19.3. The zero-order chi connectivity index (χ0) is 29.0. The van der Waals surface area contributed by atoms with Gasteiger partial charge in [-0.25, -0.2) is 0 Å². The number of rotatable bonds is 12. The Bertz CT molecular complexity index is 1040. The van der Waals surface area contributed by atoms with Gasteiger partial charge in [0.2, 0.25) is 0 Å². The standard InChI is InChI=1S/3C9H10F2O2/c10-9(11)13-8-3-1-7(2-4-8)5-6-12;10-9(11)13-8-3-1-2-7(6-8)4-5-12;10-9(11)13-8-4-2-1-3-7(8)5-6-12/h1-4,9,12H,5-6H2;1-3,6,9,12H,4-5H2;1-4,9,12H,5-6H2. The molecule has 0 bridgehead atoms. The monoisotopic (exact) mass is 564 g/mol. The highest BCUT2D eigenvalue weighted by Crippen LogP contribution is 2.20. The predicted octanol–water partition coefficient (Wildman–Crippen LogP) is 5.47. The van der Waals surface area contributed by atoms with E-state index >= 15 is 0 Å². The van der Waals surface area contributed by atoms with Crippen LogP contribution in [0.5, 0.6) is 17.2 Å². The van der Waals surface area contributed by atoms with E-state index in [1.54, 1.807) is 42.5 Å². The number of aliphatic hydroxyl groups excluding tert-OH is 3. The third kappa shape index (κ3) is 15.5. The SMILES string of the molecule is OCCc1ccc(OC(F)F)cc1.OCCc1cccc(OC(F)F)c1.OCCc1ccccc1OC(F)F. The highest BCUT2D eigenvalue weighted by Gasteiger charge is 2.08. The van der Waals surface area contributed by atoms with Crippen LogP contribution < -0.4 is 14.2 Å². The van der Waals surface area contributed by atoms with E-state index in [1.807, 2.05) is 0 Å². The molecular weight excluding hydrogens is 534 g/mol. The second kappa shape index (κ2) is 19.6. The average molecular weight is 565 g/mol. The van der Waals surface area contributed by atoms with E-state index in [0.29, 0.717) is 24.8 Å². The van der Waals surface area contributed by atoms with Crippen molar-refractivity contribution in [2.45, 2.75) is 39.1 Å². The van der Waals surface area contributed by atoms with Gasteiger partial charge in [-0.15, -0.1) is 0 Å². The van der Waals surface area contributed by atoms with Crippen LogP contribution >= 0.6 is 0 Å². The lowest BCUT2D eigenvalue weighted by atomic mass is 10.1. The Hall–Kier alpha value is -3.48. The highest BCUT2D eigenvalue weighted by molar-refractivity contribution is 5.33. The first-order chi connectivity index (χ1) is 18.7. The van der Waals surface area contributed by atoms with Crippen molar-refractivity contribution in [2.24, 2.45) is 0 Å². The quantitative estimate of drug-likeness (QED) is 0.253. The summed E-state index contributed by atoms with van der Waals surface area (Å²) < 4.78 is 83.2. The van der Waals surface area contributed by atoms with Gasteiger partial charge in [-0.3, -0.25) is 0 Å².